The molecule has 0 aliphatic carbocycles. The van der Waals surface area contributed by atoms with Crippen molar-refractivity contribution >= 4 is 34.4 Å². The summed E-state index contributed by atoms with van der Waals surface area (Å²) in [6.45, 7) is 1.68. The Morgan fingerprint density at radius 2 is 1.85 bits per heavy atom. The van der Waals surface area contributed by atoms with E-state index < -0.39 is 0 Å². The smallest absolute Gasteiger partial charge is 0.262 e. The molecule has 0 unspecified atom stereocenters. The average molecular weight is 381 g/mol. The first-order chi connectivity index (χ1) is 13.1. The number of hydrogen-bond donors (Lipinski definition) is 2. The fraction of sp³-hybridized carbons (Fsp3) is 0.263. The van der Waals surface area contributed by atoms with Gasteiger partial charge in [0.1, 0.15) is 17.5 Å². The van der Waals surface area contributed by atoms with E-state index in [-0.39, 0.29) is 28.0 Å². The molecule has 1 fully saturated rings. The van der Waals surface area contributed by atoms with E-state index in [4.69, 9.17) is 17.3 Å². The Morgan fingerprint density at radius 3 is 2.52 bits per heavy atom. The van der Waals surface area contributed by atoms with Crippen LogP contribution in [0.2, 0.25) is 5.02 Å². The number of piperidine rings is 1. The predicted molar refractivity (Wildman–Crippen MR) is 106 cm³/mol. The van der Waals surface area contributed by atoms with Crippen molar-refractivity contribution in [3.8, 4) is 17.2 Å². The normalized spacial score (nSPS) is 14.3. The molecule has 4 rings (SSSR count). The molecule has 0 saturated carbocycles. The Bertz CT molecular complexity index is 1110. The summed E-state index contributed by atoms with van der Waals surface area (Å²) in [7, 11) is 0. The van der Waals surface area contributed by atoms with Crippen molar-refractivity contribution in [2.75, 3.05) is 23.7 Å². The molecular formula is C19H17ClN6O. The Hall–Kier alpha value is -3.11. The minimum Gasteiger partial charge on any atom is -0.383 e. The van der Waals surface area contributed by atoms with E-state index in [2.05, 4.69) is 21.0 Å². The van der Waals surface area contributed by atoms with Gasteiger partial charge in [0.05, 0.1) is 5.39 Å². The van der Waals surface area contributed by atoms with Crippen LogP contribution in [0.1, 0.15) is 24.8 Å². The number of aromatic nitrogens is 3. The number of fused-ring (bicyclic) bond motifs is 1. The molecule has 1 aromatic carbocycles. The lowest BCUT2D eigenvalue weighted by Gasteiger charge is -2.27. The number of nitrogens with one attached hydrogen (secondary N) is 1. The van der Waals surface area contributed by atoms with Gasteiger partial charge in [-0.2, -0.15) is 10.2 Å². The van der Waals surface area contributed by atoms with E-state index in [0.717, 1.165) is 25.9 Å². The highest BCUT2D eigenvalue weighted by atomic mass is 35.5. The summed E-state index contributed by atoms with van der Waals surface area (Å²) >= 11 is 5.97. The monoisotopic (exact) mass is 380 g/mol. The second kappa shape index (κ2) is 6.89. The van der Waals surface area contributed by atoms with Gasteiger partial charge in [-0.3, -0.25) is 9.78 Å². The predicted octanol–water partition coefficient (Wildman–Crippen LogP) is 3.08. The maximum Gasteiger partial charge on any atom is 0.262 e. The van der Waals surface area contributed by atoms with Crippen LogP contribution in [-0.4, -0.2) is 28.0 Å². The van der Waals surface area contributed by atoms with Crippen molar-refractivity contribution in [1.82, 2.24) is 15.0 Å². The summed E-state index contributed by atoms with van der Waals surface area (Å²) in [5.41, 5.74) is 7.16. The van der Waals surface area contributed by atoms with Gasteiger partial charge in [-0.05, 0) is 37.0 Å². The SMILES string of the molecule is N#Cc1c(N)nc2nc(N3CCCCC3)[nH]c(=O)c2c1-c1ccc(Cl)cc1. The zero-order valence-electron chi connectivity index (χ0n) is 14.5. The Morgan fingerprint density at radius 1 is 1.15 bits per heavy atom. The number of hydrogen-bond acceptors (Lipinski definition) is 6. The van der Waals surface area contributed by atoms with Crippen molar-refractivity contribution in [2.24, 2.45) is 0 Å². The van der Waals surface area contributed by atoms with Crippen LogP contribution in [0.5, 0.6) is 0 Å². The molecular weight excluding hydrogens is 364 g/mol. The van der Waals surface area contributed by atoms with Gasteiger partial charge in [-0.1, -0.05) is 23.7 Å². The minimum absolute atomic E-state index is 0.0534. The van der Waals surface area contributed by atoms with Crippen LogP contribution in [0, 0.1) is 11.3 Å². The van der Waals surface area contributed by atoms with Gasteiger partial charge < -0.3 is 10.6 Å². The van der Waals surface area contributed by atoms with Gasteiger partial charge >= 0.3 is 0 Å². The van der Waals surface area contributed by atoms with Crippen LogP contribution in [0.15, 0.2) is 29.1 Å². The van der Waals surface area contributed by atoms with Crippen LogP contribution in [0.4, 0.5) is 11.8 Å². The molecule has 0 atom stereocenters. The number of nitrogen functional groups attached to an aromatic ring is 1. The second-order valence-electron chi connectivity index (χ2n) is 6.50. The third-order valence-electron chi connectivity index (χ3n) is 4.77. The summed E-state index contributed by atoms with van der Waals surface area (Å²) in [5.74, 6) is 0.545. The number of nitrogens with two attached hydrogens (primary N) is 1. The largest absolute Gasteiger partial charge is 0.383 e. The van der Waals surface area contributed by atoms with Gasteiger partial charge in [-0.25, -0.2) is 4.98 Å². The Labute approximate surface area is 160 Å². The highest BCUT2D eigenvalue weighted by Crippen LogP contribution is 2.32. The first kappa shape index (κ1) is 17.3. The zero-order chi connectivity index (χ0) is 19.0. The third kappa shape index (κ3) is 3.09. The van der Waals surface area contributed by atoms with Crippen molar-refractivity contribution in [2.45, 2.75) is 19.3 Å². The highest BCUT2D eigenvalue weighted by molar-refractivity contribution is 6.30. The molecule has 136 valence electrons. The number of halogens is 1. The lowest BCUT2D eigenvalue weighted by molar-refractivity contribution is 0.568. The first-order valence-electron chi connectivity index (χ1n) is 8.73. The number of benzene rings is 1. The lowest BCUT2D eigenvalue weighted by Crippen LogP contribution is -2.32. The van der Waals surface area contributed by atoms with Crippen molar-refractivity contribution in [3.63, 3.8) is 0 Å². The number of aromatic amines is 1. The first-order valence-corrected chi connectivity index (χ1v) is 9.11. The molecule has 8 heteroatoms. The van der Waals surface area contributed by atoms with Gasteiger partial charge in [0.2, 0.25) is 5.95 Å². The molecule has 0 bridgehead atoms. The second-order valence-corrected chi connectivity index (χ2v) is 6.94. The number of rotatable bonds is 2. The van der Waals surface area contributed by atoms with E-state index in [1.165, 1.54) is 6.42 Å². The fourth-order valence-corrected chi connectivity index (χ4v) is 3.58. The van der Waals surface area contributed by atoms with E-state index in [1.54, 1.807) is 24.3 Å². The molecule has 0 radical (unpaired) electrons. The quantitative estimate of drug-likeness (QED) is 0.706. The van der Waals surface area contributed by atoms with Crippen molar-refractivity contribution in [3.05, 3.63) is 45.2 Å². The van der Waals surface area contributed by atoms with E-state index in [0.29, 0.717) is 22.1 Å². The van der Waals surface area contributed by atoms with Crippen LogP contribution in [-0.2, 0) is 0 Å². The van der Waals surface area contributed by atoms with Gasteiger partial charge in [0.25, 0.3) is 5.56 Å². The Kier molecular flexibility index (Phi) is 4.42. The molecule has 1 saturated heterocycles. The molecule has 2 aromatic heterocycles. The molecule has 1 aliphatic rings. The summed E-state index contributed by atoms with van der Waals surface area (Å²) in [6.07, 6.45) is 3.28. The van der Waals surface area contributed by atoms with Gasteiger partial charge in [0, 0.05) is 23.7 Å². The molecule has 0 amide bonds. The number of anilines is 2. The summed E-state index contributed by atoms with van der Waals surface area (Å²) in [4.78, 5) is 26.6. The lowest BCUT2D eigenvalue weighted by atomic mass is 9.98. The molecule has 3 aromatic rings. The zero-order valence-corrected chi connectivity index (χ0v) is 15.3. The van der Waals surface area contributed by atoms with Crippen molar-refractivity contribution < 1.29 is 0 Å². The van der Waals surface area contributed by atoms with Crippen molar-refractivity contribution in [1.29, 1.82) is 5.26 Å². The minimum atomic E-state index is -0.338. The third-order valence-corrected chi connectivity index (χ3v) is 5.02. The number of H-pyrrole nitrogens is 1. The van der Waals surface area contributed by atoms with Crippen LogP contribution < -0.4 is 16.2 Å². The molecule has 1 aliphatic heterocycles. The summed E-state index contributed by atoms with van der Waals surface area (Å²) in [6, 6.07) is 8.95. The van der Waals surface area contributed by atoms with Crippen LogP contribution >= 0.6 is 11.6 Å². The van der Waals surface area contributed by atoms with Crippen LogP contribution in [0.25, 0.3) is 22.2 Å². The molecule has 3 N–H and O–H groups in total. The fourth-order valence-electron chi connectivity index (χ4n) is 3.45. The van der Waals surface area contributed by atoms with E-state index in [1.807, 2.05) is 4.90 Å². The summed E-state index contributed by atoms with van der Waals surface area (Å²) < 4.78 is 0. The average Bonchev–Trinajstić information content (AvgIpc) is 2.68. The van der Waals surface area contributed by atoms with E-state index >= 15 is 0 Å². The number of nitrogens with zero attached hydrogens (tertiary/aromatic N) is 4. The number of pyridine rings is 1. The highest BCUT2D eigenvalue weighted by Gasteiger charge is 2.21. The Balaban J connectivity index is 1.99. The molecule has 27 heavy (non-hydrogen) atoms. The maximum atomic E-state index is 12.9. The maximum absolute atomic E-state index is 12.9. The number of nitriles is 1. The van der Waals surface area contributed by atoms with Gasteiger partial charge in [0.15, 0.2) is 5.65 Å². The van der Waals surface area contributed by atoms with E-state index in [9.17, 15) is 10.1 Å². The standard InChI is InChI=1S/C19H17ClN6O/c20-12-6-4-11(5-7-12)14-13(10-21)16(22)23-17-15(14)18(27)25-19(24-17)26-8-2-1-3-9-26/h4-7H,1-3,8-9H2,(H3,22,23,24,25,27). The molecule has 7 nitrogen and oxygen atoms in total. The molecule has 0 spiro atoms. The van der Waals surface area contributed by atoms with Gasteiger partial charge in [-0.15, -0.1) is 0 Å². The van der Waals surface area contributed by atoms with Crippen LogP contribution in [0.3, 0.4) is 0 Å². The molecule has 3 heterocycles. The summed E-state index contributed by atoms with van der Waals surface area (Å²) in [5, 5.41) is 10.4. The topological polar surface area (TPSA) is 112 Å².